The Kier molecular flexibility index (Phi) is 4.10. The summed E-state index contributed by atoms with van der Waals surface area (Å²) >= 11 is 0. The molecule has 1 aliphatic rings. The Balaban J connectivity index is 2.10. The molecule has 2 atom stereocenters. The molecule has 4 heteroatoms. The maximum Gasteiger partial charge on any atom is 0.307 e. The minimum atomic E-state index is -0.716. The summed E-state index contributed by atoms with van der Waals surface area (Å²) in [6, 6.07) is 6.21. The van der Waals surface area contributed by atoms with Crippen LogP contribution >= 0.6 is 0 Å². The molecule has 2 rings (SSSR count). The topological polar surface area (TPSA) is 58.6 Å². The Bertz CT molecular complexity index is 470. The van der Waals surface area contributed by atoms with Crippen molar-refractivity contribution in [2.24, 2.45) is 5.92 Å². The molecular weight excluding hydrogens is 242 g/mol. The van der Waals surface area contributed by atoms with Crippen molar-refractivity contribution in [3.05, 3.63) is 29.3 Å². The highest BCUT2D eigenvalue weighted by molar-refractivity contribution is 5.70. The molecule has 0 aliphatic carbocycles. The summed E-state index contributed by atoms with van der Waals surface area (Å²) in [6.45, 7) is 6.57. The second-order valence-electron chi connectivity index (χ2n) is 5.42. The quantitative estimate of drug-likeness (QED) is 0.876. The lowest BCUT2D eigenvalue weighted by Crippen LogP contribution is -2.17. The average molecular weight is 263 g/mol. The van der Waals surface area contributed by atoms with Crippen LogP contribution in [0.25, 0.3) is 0 Å². The summed E-state index contributed by atoms with van der Waals surface area (Å²) in [6.07, 6.45) is 0.810. The van der Waals surface area contributed by atoms with E-state index in [1.165, 1.54) is 0 Å². The Hall–Kier alpha value is -1.55. The van der Waals surface area contributed by atoms with Gasteiger partial charge in [-0.25, -0.2) is 0 Å². The van der Waals surface area contributed by atoms with Gasteiger partial charge in [0.2, 0.25) is 0 Å². The van der Waals surface area contributed by atoms with Gasteiger partial charge >= 0.3 is 5.97 Å². The number of carboxylic acid groups (broad SMARTS) is 1. The first-order valence-corrected chi connectivity index (χ1v) is 6.70. The molecule has 1 aromatic rings. The van der Waals surface area contributed by atoms with E-state index >= 15 is 0 Å². The number of aryl methyl sites for hydroxylation is 1. The fourth-order valence-corrected chi connectivity index (χ4v) is 2.45. The van der Waals surface area contributed by atoms with Gasteiger partial charge < -0.3 is 15.2 Å². The molecule has 2 N–H and O–H groups in total. The minimum Gasteiger partial charge on any atom is -0.491 e. The number of hydrogen-bond donors (Lipinski definition) is 2. The molecule has 4 nitrogen and oxygen atoms in total. The van der Waals surface area contributed by atoms with Gasteiger partial charge in [0.05, 0.1) is 12.0 Å². The standard InChI is InChI=1S/C15H21NO3/c1-9(2)19-14-5-4-11(6-10(14)3)13-7-12(8-16-13)15(17)18/h4-6,9,12-13,16H,7-8H2,1-3H3,(H,17,18). The summed E-state index contributed by atoms with van der Waals surface area (Å²) in [5.41, 5.74) is 2.23. The lowest BCUT2D eigenvalue weighted by molar-refractivity contribution is -0.141. The highest BCUT2D eigenvalue weighted by atomic mass is 16.5. The van der Waals surface area contributed by atoms with Crippen LogP contribution in [-0.4, -0.2) is 23.7 Å². The zero-order valence-electron chi connectivity index (χ0n) is 11.6. The Morgan fingerprint density at radius 3 is 2.74 bits per heavy atom. The van der Waals surface area contributed by atoms with Crippen LogP contribution in [0.2, 0.25) is 0 Å². The number of hydrogen-bond acceptors (Lipinski definition) is 3. The largest absolute Gasteiger partial charge is 0.491 e. The van der Waals surface area contributed by atoms with Crippen molar-refractivity contribution in [1.82, 2.24) is 5.32 Å². The lowest BCUT2D eigenvalue weighted by Gasteiger charge is -2.16. The highest BCUT2D eigenvalue weighted by Crippen LogP contribution is 2.30. The first-order chi connectivity index (χ1) is 8.97. The van der Waals surface area contributed by atoms with Gasteiger partial charge in [-0.3, -0.25) is 4.79 Å². The number of carboxylic acids is 1. The lowest BCUT2D eigenvalue weighted by atomic mass is 9.98. The van der Waals surface area contributed by atoms with E-state index in [1.807, 2.05) is 32.9 Å². The van der Waals surface area contributed by atoms with E-state index in [0.29, 0.717) is 13.0 Å². The van der Waals surface area contributed by atoms with Crippen LogP contribution in [-0.2, 0) is 4.79 Å². The molecule has 1 heterocycles. The van der Waals surface area contributed by atoms with Crippen molar-refractivity contribution >= 4 is 5.97 Å². The van der Waals surface area contributed by atoms with Gasteiger partial charge in [0.15, 0.2) is 0 Å². The Labute approximate surface area is 113 Å². The molecule has 0 radical (unpaired) electrons. The molecule has 0 aromatic heterocycles. The van der Waals surface area contributed by atoms with Crippen molar-refractivity contribution in [3.8, 4) is 5.75 Å². The van der Waals surface area contributed by atoms with Crippen molar-refractivity contribution in [2.75, 3.05) is 6.54 Å². The number of rotatable bonds is 4. The predicted molar refractivity (Wildman–Crippen MR) is 73.4 cm³/mol. The third-order valence-corrected chi connectivity index (χ3v) is 3.44. The van der Waals surface area contributed by atoms with E-state index in [2.05, 4.69) is 11.4 Å². The van der Waals surface area contributed by atoms with E-state index in [1.54, 1.807) is 0 Å². The summed E-state index contributed by atoms with van der Waals surface area (Å²) in [5.74, 6) is -0.102. The first kappa shape index (κ1) is 13.9. The van der Waals surface area contributed by atoms with Gasteiger partial charge in [0.1, 0.15) is 5.75 Å². The molecule has 0 saturated carbocycles. The zero-order chi connectivity index (χ0) is 14.0. The van der Waals surface area contributed by atoms with Crippen LogP contribution in [0.15, 0.2) is 18.2 Å². The molecule has 19 heavy (non-hydrogen) atoms. The van der Waals surface area contributed by atoms with E-state index in [9.17, 15) is 4.79 Å². The number of ether oxygens (including phenoxy) is 1. The molecule has 2 unspecified atom stereocenters. The number of nitrogens with one attached hydrogen (secondary N) is 1. The third kappa shape index (κ3) is 3.26. The third-order valence-electron chi connectivity index (χ3n) is 3.44. The Morgan fingerprint density at radius 2 is 2.21 bits per heavy atom. The second kappa shape index (κ2) is 5.61. The molecule has 104 valence electrons. The van der Waals surface area contributed by atoms with Gasteiger partial charge in [0, 0.05) is 12.6 Å². The SMILES string of the molecule is Cc1cc(C2CC(C(=O)O)CN2)ccc1OC(C)C. The molecule has 0 spiro atoms. The maximum absolute atomic E-state index is 11.0. The molecule has 1 aliphatic heterocycles. The molecule has 0 bridgehead atoms. The van der Waals surface area contributed by atoms with Crippen molar-refractivity contribution in [1.29, 1.82) is 0 Å². The van der Waals surface area contributed by atoms with Crippen LogP contribution in [0.5, 0.6) is 5.75 Å². The normalized spacial score (nSPS) is 22.7. The van der Waals surface area contributed by atoms with E-state index in [-0.39, 0.29) is 18.1 Å². The van der Waals surface area contributed by atoms with Gasteiger partial charge in [0.25, 0.3) is 0 Å². The van der Waals surface area contributed by atoms with E-state index < -0.39 is 5.97 Å². The molecule has 0 amide bonds. The smallest absolute Gasteiger partial charge is 0.307 e. The summed E-state index contributed by atoms with van der Waals surface area (Å²) in [7, 11) is 0. The second-order valence-corrected chi connectivity index (χ2v) is 5.42. The van der Waals surface area contributed by atoms with Crippen LogP contribution in [0, 0.1) is 12.8 Å². The molecular formula is C15H21NO3. The minimum absolute atomic E-state index is 0.132. The van der Waals surface area contributed by atoms with Gasteiger partial charge in [-0.2, -0.15) is 0 Å². The van der Waals surface area contributed by atoms with Crippen molar-refractivity contribution < 1.29 is 14.6 Å². The fraction of sp³-hybridized carbons (Fsp3) is 0.533. The fourth-order valence-electron chi connectivity index (χ4n) is 2.45. The van der Waals surface area contributed by atoms with E-state index in [4.69, 9.17) is 9.84 Å². The zero-order valence-corrected chi connectivity index (χ0v) is 11.6. The van der Waals surface area contributed by atoms with Gasteiger partial charge in [-0.15, -0.1) is 0 Å². The highest BCUT2D eigenvalue weighted by Gasteiger charge is 2.30. The van der Waals surface area contributed by atoms with Crippen LogP contribution < -0.4 is 10.1 Å². The molecule has 1 aromatic carbocycles. The Morgan fingerprint density at radius 1 is 1.47 bits per heavy atom. The monoisotopic (exact) mass is 263 g/mol. The number of benzene rings is 1. The molecule has 1 fully saturated rings. The number of aliphatic carboxylic acids is 1. The van der Waals surface area contributed by atoms with Gasteiger partial charge in [-0.05, 0) is 44.4 Å². The maximum atomic E-state index is 11.0. The van der Waals surface area contributed by atoms with Gasteiger partial charge in [-0.1, -0.05) is 12.1 Å². The van der Waals surface area contributed by atoms with Crippen LogP contribution in [0.1, 0.15) is 37.4 Å². The number of carbonyl (C=O) groups is 1. The summed E-state index contributed by atoms with van der Waals surface area (Å²) in [4.78, 5) is 11.0. The van der Waals surface area contributed by atoms with Crippen LogP contribution in [0.3, 0.4) is 0 Å². The average Bonchev–Trinajstić information content (AvgIpc) is 2.80. The summed E-state index contributed by atoms with van der Waals surface area (Å²) < 4.78 is 5.71. The van der Waals surface area contributed by atoms with E-state index in [0.717, 1.165) is 16.9 Å². The van der Waals surface area contributed by atoms with Crippen molar-refractivity contribution in [2.45, 2.75) is 39.3 Å². The van der Waals surface area contributed by atoms with Crippen molar-refractivity contribution in [3.63, 3.8) is 0 Å². The predicted octanol–water partition coefficient (Wildman–Crippen LogP) is 2.52. The summed E-state index contributed by atoms with van der Waals surface area (Å²) in [5, 5.41) is 12.3. The first-order valence-electron chi connectivity index (χ1n) is 6.70. The molecule has 1 saturated heterocycles. The van der Waals surface area contributed by atoms with Crippen LogP contribution in [0.4, 0.5) is 0 Å².